The van der Waals surface area contributed by atoms with E-state index in [2.05, 4.69) is 0 Å². The van der Waals surface area contributed by atoms with Crippen LogP contribution in [0.3, 0.4) is 0 Å². The molecule has 1 saturated carbocycles. The lowest BCUT2D eigenvalue weighted by molar-refractivity contribution is 0.581. The van der Waals surface area contributed by atoms with E-state index in [-0.39, 0.29) is 11.4 Å². The molecule has 1 aliphatic carbocycles. The molecule has 1 aromatic rings. The summed E-state index contributed by atoms with van der Waals surface area (Å²) < 4.78 is 13.4. The van der Waals surface area contributed by atoms with Gasteiger partial charge in [0.25, 0.3) is 0 Å². The monoisotopic (exact) mass is 179 g/mol. The first kappa shape index (κ1) is 8.70. The van der Waals surface area contributed by atoms with Crippen LogP contribution in [0.4, 0.5) is 4.39 Å². The predicted molar refractivity (Wildman–Crippen MR) is 51.0 cm³/mol. The third-order valence-corrected chi connectivity index (χ3v) is 2.64. The molecule has 70 valence electrons. The zero-order valence-corrected chi connectivity index (χ0v) is 7.81. The van der Waals surface area contributed by atoms with Gasteiger partial charge in [-0.05, 0) is 43.4 Å². The van der Waals surface area contributed by atoms with E-state index >= 15 is 0 Å². The summed E-state index contributed by atoms with van der Waals surface area (Å²) in [7, 11) is 0. The minimum absolute atomic E-state index is 0.101. The smallest absolute Gasteiger partial charge is 0.126 e. The van der Waals surface area contributed by atoms with Crippen LogP contribution in [0.1, 0.15) is 24.0 Å². The molecule has 13 heavy (non-hydrogen) atoms. The van der Waals surface area contributed by atoms with Crippen molar-refractivity contribution in [2.75, 3.05) is 0 Å². The highest BCUT2D eigenvalue weighted by atomic mass is 19.1. The van der Waals surface area contributed by atoms with E-state index in [9.17, 15) is 4.39 Å². The van der Waals surface area contributed by atoms with Gasteiger partial charge in [-0.3, -0.25) is 0 Å². The Labute approximate surface area is 77.8 Å². The second-order valence-electron chi connectivity index (χ2n) is 4.13. The van der Waals surface area contributed by atoms with Gasteiger partial charge in [0.15, 0.2) is 0 Å². The van der Waals surface area contributed by atoms with E-state index in [0.717, 1.165) is 24.0 Å². The molecular weight excluding hydrogens is 165 g/mol. The minimum Gasteiger partial charge on any atom is -0.325 e. The van der Waals surface area contributed by atoms with Crippen LogP contribution < -0.4 is 5.73 Å². The van der Waals surface area contributed by atoms with Crippen LogP contribution >= 0.6 is 0 Å². The van der Waals surface area contributed by atoms with Crippen LogP contribution in [0.15, 0.2) is 18.2 Å². The van der Waals surface area contributed by atoms with Gasteiger partial charge in [0.2, 0.25) is 0 Å². The SMILES string of the molecule is Cc1ccc(CC2(N)CC2)c(F)c1. The highest BCUT2D eigenvalue weighted by Gasteiger charge is 2.38. The van der Waals surface area contributed by atoms with Crippen LogP contribution in [-0.4, -0.2) is 5.54 Å². The summed E-state index contributed by atoms with van der Waals surface area (Å²) >= 11 is 0. The van der Waals surface area contributed by atoms with Crippen LogP contribution in [-0.2, 0) is 6.42 Å². The molecule has 2 heteroatoms. The lowest BCUT2D eigenvalue weighted by Crippen LogP contribution is -2.25. The number of hydrogen-bond donors (Lipinski definition) is 1. The highest BCUT2D eigenvalue weighted by Crippen LogP contribution is 2.36. The lowest BCUT2D eigenvalue weighted by Gasteiger charge is -2.09. The second-order valence-corrected chi connectivity index (χ2v) is 4.13. The molecule has 1 fully saturated rings. The maximum atomic E-state index is 13.4. The fraction of sp³-hybridized carbons (Fsp3) is 0.455. The number of halogens is 1. The molecule has 0 bridgehead atoms. The molecule has 0 spiro atoms. The summed E-state index contributed by atoms with van der Waals surface area (Å²) in [4.78, 5) is 0. The molecule has 2 rings (SSSR count). The van der Waals surface area contributed by atoms with Gasteiger partial charge in [0.1, 0.15) is 5.82 Å². The maximum absolute atomic E-state index is 13.4. The molecule has 0 radical (unpaired) electrons. The van der Waals surface area contributed by atoms with E-state index in [1.807, 2.05) is 19.1 Å². The molecule has 1 aliphatic rings. The summed E-state index contributed by atoms with van der Waals surface area (Å²) in [6.07, 6.45) is 2.74. The molecule has 0 aromatic heterocycles. The third-order valence-electron chi connectivity index (χ3n) is 2.64. The van der Waals surface area contributed by atoms with Crippen molar-refractivity contribution in [2.45, 2.75) is 31.7 Å². The fourth-order valence-corrected chi connectivity index (χ4v) is 1.51. The first-order valence-electron chi connectivity index (χ1n) is 4.63. The molecule has 0 atom stereocenters. The molecule has 0 unspecified atom stereocenters. The van der Waals surface area contributed by atoms with Gasteiger partial charge in [-0.2, -0.15) is 0 Å². The van der Waals surface area contributed by atoms with Crippen molar-refractivity contribution in [3.63, 3.8) is 0 Å². The standard InChI is InChI=1S/C11H14FN/c1-8-2-3-9(10(12)6-8)7-11(13)4-5-11/h2-3,6H,4-5,7,13H2,1H3. The van der Waals surface area contributed by atoms with E-state index in [0.29, 0.717) is 6.42 Å². The Morgan fingerprint density at radius 1 is 1.46 bits per heavy atom. The zero-order chi connectivity index (χ0) is 9.47. The van der Waals surface area contributed by atoms with Crippen LogP contribution in [0, 0.1) is 12.7 Å². The largest absolute Gasteiger partial charge is 0.325 e. The van der Waals surface area contributed by atoms with E-state index < -0.39 is 0 Å². The fourth-order valence-electron chi connectivity index (χ4n) is 1.51. The van der Waals surface area contributed by atoms with Crippen LogP contribution in [0.5, 0.6) is 0 Å². The summed E-state index contributed by atoms with van der Waals surface area (Å²) in [6, 6.07) is 5.35. The molecule has 2 N–H and O–H groups in total. The van der Waals surface area contributed by atoms with Gasteiger partial charge < -0.3 is 5.73 Å². The van der Waals surface area contributed by atoms with Crippen molar-refractivity contribution in [1.82, 2.24) is 0 Å². The molecule has 1 aromatic carbocycles. The Hall–Kier alpha value is -0.890. The predicted octanol–water partition coefficient (Wildman–Crippen LogP) is 2.17. The number of benzene rings is 1. The van der Waals surface area contributed by atoms with Crippen molar-refractivity contribution >= 4 is 0 Å². The summed E-state index contributed by atoms with van der Waals surface area (Å²) in [5.41, 5.74) is 7.53. The van der Waals surface area contributed by atoms with Gasteiger partial charge >= 0.3 is 0 Å². The Morgan fingerprint density at radius 3 is 2.69 bits per heavy atom. The Kier molecular flexibility index (Phi) is 1.88. The molecule has 0 amide bonds. The van der Waals surface area contributed by atoms with Crippen molar-refractivity contribution in [3.8, 4) is 0 Å². The summed E-state index contributed by atoms with van der Waals surface area (Å²) in [6.45, 7) is 1.89. The quantitative estimate of drug-likeness (QED) is 0.739. The number of hydrogen-bond acceptors (Lipinski definition) is 1. The van der Waals surface area contributed by atoms with Crippen molar-refractivity contribution < 1.29 is 4.39 Å². The van der Waals surface area contributed by atoms with Gasteiger partial charge in [-0.15, -0.1) is 0 Å². The molecule has 1 nitrogen and oxygen atoms in total. The van der Waals surface area contributed by atoms with Crippen molar-refractivity contribution in [3.05, 3.63) is 35.1 Å². The van der Waals surface area contributed by atoms with E-state index in [1.54, 1.807) is 6.07 Å². The average molecular weight is 179 g/mol. The molecule has 0 saturated heterocycles. The normalized spacial score (nSPS) is 18.7. The third kappa shape index (κ3) is 1.89. The average Bonchev–Trinajstić information content (AvgIpc) is 2.75. The molecule has 0 heterocycles. The van der Waals surface area contributed by atoms with Crippen molar-refractivity contribution in [1.29, 1.82) is 0 Å². The maximum Gasteiger partial charge on any atom is 0.126 e. The summed E-state index contributed by atoms with van der Waals surface area (Å²) in [5, 5.41) is 0. The zero-order valence-electron chi connectivity index (χ0n) is 7.81. The second kappa shape index (κ2) is 2.81. The Morgan fingerprint density at radius 2 is 2.15 bits per heavy atom. The molecular formula is C11H14FN. The number of rotatable bonds is 2. The summed E-state index contributed by atoms with van der Waals surface area (Å²) in [5.74, 6) is -0.114. The topological polar surface area (TPSA) is 26.0 Å². The lowest BCUT2D eigenvalue weighted by atomic mass is 10.0. The Bertz CT molecular complexity index is 329. The minimum atomic E-state index is -0.114. The number of nitrogens with two attached hydrogens (primary N) is 1. The number of aryl methyl sites for hydroxylation is 1. The van der Waals surface area contributed by atoms with E-state index in [1.165, 1.54) is 0 Å². The molecule has 0 aliphatic heterocycles. The van der Waals surface area contributed by atoms with Gasteiger partial charge in [0.05, 0.1) is 0 Å². The van der Waals surface area contributed by atoms with Crippen molar-refractivity contribution in [2.24, 2.45) is 5.73 Å². The van der Waals surface area contributed by atoms with E-state index in [4.69, 9.17) is 5.73 Å². The first-order chi connectivity index (χ1) is 6.09. The van der Waals surface area contributed by atoms with Crippen LogP contribution in [0.2, 0.25) is 0 Å². The highest BCUT2D eigenvalue weighted by molar-refractivity contribution is 5.26. The van der Waals surface area contributed by atoms with Gasteiger partial charge in [-0.25, -0.2) is 4.39 Å². The van der Waals surface area contributed by atoms with Gasteiger partial charge in [-0.1, -0.05) is 12.1 Å². The Balaban J connectivity index is 2.20. The van der Waals surface area contributed by atoms with Crippen LogP contribution in [0.25, 0.3) is 0 Å². The van der Waals surface area contributed by atoms with Gasteiger partial charge in [0, 0.05) is 5.54 Å². The first-order valence-corrected chi connectivity index (χ1v) is 4.63.